The standard InChI is InChI=1S/C13H24N2O2S/c1-13(2,3)8-11-18(16,17)15(10-9-14)12-6-4-5-7-12/h12H,4-8,10-11H2,1-3H3. The zero-order chi connectivity index (χ0) is 13.8. The van der Waals surface area contributed by atoms with Crippen molar-refractivity contribution in [2.24, 2.45) is 5.41 Å². The van der Waals surface area contributed by atoms with Gasteiger partial charge in [-0.3, -0.25) is 0 Å². The maximum Gasteiger partial charge on any atom is 0.215 e. The lowest BCUT2D eigenvalue weighted by Gasteiger charge is -2.27. The lowest BCUT2D eigenvalue weighted by Crippen LogP contribution is -2.41. The smallest absolute Gasteiger partial charge is 0.212 e. The van der Waals surface area contributed by atoms with Gasteiger partial charge in [-0.05, 0) is 24.7 Å². The van der Waals surface area contributed by atoms with Gasteiger partial charge in [0, 0.05) is 6.04 Å². The molecule has 0 amide bonds. The van der Waals surface area contributed by atoms with E-state index in [9.17, 15) is 8.42 Å². The van der Waals surface area contributed by atoms with Gasteiger partial charge in [-0.15, -0.1) is 0 Å². The normalized spacial score (nSPS) is 18.2. The molecule has 0 atom stereocenters. The van der Waals surface area contributed by atoms with Gasteiger partial charge in [0.25, 0.3) is 0 Å². The number of nitrogens with zero attached hydrogens (tertiary/aromatic N) is 2. The number of nitriles is 1. The van der Waals surface area contributed by atoms with E-state index in [1.807, 2.05) is 26.8 Å². The maximum absolute atomic E-state index is 12.3. The third-order valence-corrected chi connectivity index (χ3v) is 5.29. The fourth-order valence-corrected chi connectivity index (χ4v) is 4.29. The van der Waals surface area contributed by atoms with Crippen molar-refractivity contribution in [3.8, 4) is 6.07 Å². The van der Waals surface area contributed by atoms with Crippen LogP contribution in [-0.4, -0.2) is 31.1 Å². The van der Waals surface area contributed by atoms with Gasteiger partial charge in [-0.1, -0.05) is 33.6 Å². The summed E-state index contributed by atoms with van der Waals surface area (Å²) in [5, 5.41) is 8.83. The summed E-state index contributed by atoms with van der Waals surface area (Å²) in [4.78, 5) is 0. The molecule has 0 aromatic carbocycles. The molecule has 0 aliphatic heterocycles. The van der Waals surface area contributed by atoms with E-state index in [4.69, 9.17) is 5.26 Å². The van der Waals surface area contributed by atoms with Gasteiger partial charge in [0.15, 0.2) is 0 Å². The molecule has 1 aliphatic rings. The summed E-state index contributed by atoms with van der Waals surface area (Å²) in [5.41, 5.74) is 0.00105. The second-order valence-corrected chi connectivity index (χ2v) is 8.31. The Hall–Kier alpha value is -0.600. The largest absolute Gasteiger partial charge is 0.215 e. The molecule has 0 spiro atoms. The highest BCUT2D eigenvalue weighted by molar-refractivity contribution is 7.89. The number of rotatable bonds is 5. The number of sulfonamides is 1. The Kier molecular flexibility index (Phi) is 5.18. The van der Waals surface area contributed by atoms with Crippen LogP contribution in [0.4, 0.5) is 0 Å². The Labute approximate surface area is 111 Å². The summed E-state index contributed by atoms with van der Waals surface area (Å²) in [7, 11) is -3.29. The van der Waals surface area contributed by atoms with Crippen LogP contribution in [-0.2, 0) is 10.0 Å². The summed E-state index contributed by atoms with van der Waals surface area (Å²) in [6.45, 7) is 6.10. The molecule has 0 aromatic rings. The topological polar surface area (TPSA) is 61.2 Å². The van der Waals surface area contributed by atoms with E-state index < -0.39 is 10.0 Å². The van der Waals surface area contributed by atoms with Crippen molar-refractivity contribution >= 4 is 10.0 Å². The van der Waals surface area contributed by atoms with Gasteiger partial charge in [0.1, 0.15) is 6.54 Å². The Bertz CT molecular complexity index is 398. The molecule has 1 aliphatic carbocycles. The van der Waals surface area contributed by atoms with E-state index in [0.717, 1.165) is 25.7 Å². The zero-order valence-electron chi connectivity index (χ0n) is 11.6. The summed E-state index contributed by atoms with van der Waals surface area (Å²) < 4.78 is 26.1. The van der Waals surface area contributed by atoms with Crippen molar-refractivity contribution in [2.45, 2.75) is 58.9 Å². The Balaban J connectivity index is 2.74. The second-order valence-electron chi connectivity index (χ2n) is 6.27. The van der Waals surface area contributed by atoms with E-state index in [0.29, 0.717) is 6.42 Å². The summed E-state index contributed by atoms with van der Waals surface area (Å²) >= 11 is 0. The van der Waals surface area contributed by atoms with E-state index in [2.05, 4.69) is 0 Å². The molecule has 104 valence electrons. The number of hydrogen-bond acceptors (Lipinski definition) is 3. The predicted molar refractivity (Wildman–Crippen MR) is 72.4 cm³/mol. The molecule has 1 fully saturated rings. The van der Waals surface area contributed by atoms with Crippen LogP contribution in [0.25, 0.3) is 0 Å². The molecule has 0 unspecified atom stereocenters. The van der Waals surface area contributed by atoms with Crippen LogP contribution in [0.5, 0.6) is 0 Å². The van der Waals surface area contributed by atoms with Crippen molar-refractivity contribution in [3.63, 3.8) is 0 Å². The van der Waals surface area contributed by atoms with E-state index in [1.54, 1.807) is 0 Å². The summed E-state index contributed by atoms with van der Waals surface area (Å²) in [5.74, 6) is 0.147. The fraction of sp³-hybridized carbons (Fsp3) is 0.923. The molecule has 0 heterocycles. The van der Waals surface area contributed by atoms with Crippen LogP contribution in [0.15, 0.2) is 0 Å². The minimum absolute atomic E-state index is 0.00105. The molecular weight excluding hydrogens is 248 g/mol. The highest BCUT2D eigenvalue weighted by Crippen LogP contribution is 2.27. The van der Waals surface area contributed by atoms with Gasteiger partial charge in [-0.2, -0.15) is 9.57 Å². The third kappa shape index (κ3) is 4.58. The van der Waals surface area contributed by atoms with Crippen molar-refractivity contribution in [3.05, 3.63) is 0 Å². The van der Waals surface area contributed by atoms with Crippen LogP contribution >= 0.6 is 0 Å². The van der Waals surface area contributed by atoms with Crippen LogP contribution in [0.2, 0.25) is 0 Å². The average molecular weight is 272 g/mol. The van der Waals surface area contributed by atoms with Gasteiger partial charge < -0.3 is 0 Å². The van der Waals surface area contributed by atoms with Crippen molar-refractivity contribution in [1.29, 1.82) is 5.26 Å². The maximum atomic E-state index is 12.3. The summed E-state index contributed by atoms with van der Waals surface area (Å²) in [6, 6.07) is 2.05. The molecule has 1 saturated carbocycles. The molecule has 5 heteroatoms. The highest BCUT2D eigenvalue weighted by atomic mass is 32.2. The molecular formula is C13H24N2O2S. The van der Waals surface area contributed by atoms with E-state index >= 15 is 0 Å². The minimum atomic E-state index is -3.29. The van der Waals surface area contributed by atoms with Gasteiger partial charge >= 0.3 is 0 Å². The first kappa shape index (κ1) is 15.5. The number of hydrogen-bond donors (Lipinski definition) is 0. The van der Waals surface area contributed by atoms with Crippen molar-refractivity contribution < 1.29 is 8.42 Å². The molecule has 4 nitrogen and oxygen atoms in total. The molecule has 0 saturated heterocycles. The molecule has 0 bridgehead atoms. The minimum Gasteiger partial charge on any atom is -0.212 e. The van der Waals surface area contributed by atoms with Crippen molar-refractivity contribution in [2.75, 3.05) is 12.3 Å². The van der Waals surface area contributed by atoms with Gasteiger partial charge in [-0.25, -0.2) is 8.42 Å². The van der Waals surface area contributed by atoms with E-state index in [-0.39, 0.29) is 23.8 Å². The van der Waals surface area contributed by atoms with Gasteiger partial charge in [0.2, 0.25) is 10.0 Å². The molecule has 18 heavy (non-hydrogen) atoms. The first-order chi connectivity index (χ1) is 8.26. The Morgan fingerprint density at radius 1 is 1.28 bits per heavy atom. The molecule has 1 rings (SSSR count). The first-order valence-electron chi connectivity index (χ1n) is 6.63. The second kappa shape index (κ2) is 6.03. The van der Waals surface area contributed by atoms with E-state index in [1.165, 1.54) is 4.31 Å². The van der Waals surface area contributed by atoms with Crippen molar-refractivity contribution in [1.82, 2.24) is 4.31 Å². The molecule has 0 N–H and O–H groups in total. The van der Waals surface area contributed by atoms with Crippen LogP contribution in [0, 0.1) is 16.7 Å². The predicted octanol–water partition coefficient (Wildman–Crippen LogP) is 2.52. The van der Waals surface area contributed by atoms with Gasteiger partial charge in [0.05, 0.1) is 11.8 Å². The summed E-state index contributed by atoms with van der Waals surface area (Å²) in [6.07, 6.45) is 4.57. The fourth-order valence-electron chi connectivity index (χ4n) is 2.27. The Morgan fingerprint density at radius 2 is 1.83 bits per heavy atom. The van der Waals surface area contributed by atoms with Crippen LogP contribution in [0.1, 0.15) is 52.9 Å². The van der Waals surface area contributed by atoms with Crippen LogP contribution in [0.3, 0.4) is 0 Å². The highest BCUT2D eigenvalue weighted by Gasteiger charge is 2.32. The lowest BCUT2D eigenvalue weighted by atomic mass is 9.94. The average Bonchev–Trinajstić information content (AvgIpc) is 2.75. The SMILES string of the molecule is CC(C)(C)CCS(=O)(=O)N(CC#N)C1CCCC1. The Morgan fingerprint density at radius 3 is 2.28 bits per heavy atom. The monoisotopic (exact) mass is 272 g/mol. The van der Waals surface area contributed by atoms with Crippen LogP contribution < -0.4 is 0 Å². The first-order valence-corrected chi connectivity index (χ1v) is 8.24. The zero-order valence-corrected chi connectivity index (χ0v) is 12.5. The lowest BCUT2D eigenvalue weighted by molar-refractivity contribution is 0.341. The molecule has 0 radical (unpaired) electrons. The third-order valence-electron chi connectivity index (χ3n) is 3.43. The molecule has 0 aromatic heterocycles. The quantitative estimate of drug-likeness (QED) is 0.722.